The van der Waals surface area contributed by atoms with Gasteiger partial charge in [0.1, 0.15) is 7.85 Å². The minimum atomic E-state index is -0.271. The second kappa shape index (κ2) is 3.39. The van der Waals surface area contributed by atoms with Crippen molar-refractivity contribution in [2.45, 2.75) is 0 Å². The molecule has 0 aliphatic rings. The van der Waals surface area contributed by atoms with Crippen molar-refractivity contribution in [1.29, 1.82) is 0 Å². The molecule has 0 heterocycles. The molecule has 0 aliphatic carbocycles. The van der Waals surface area contributed by atoms with Crippen LogP contribution in [0.25, 0.3) is 0 Å². The highest BCUT2D eigenvalue weighted by Gasteiger charge is 1.91. The zero-order valence-corrected chi connectivity index (χ0v) is 4.62. The molecule has 6 heavy (non-hydrogen) atoms. The first-order valence-corrected chi connectivity index (χ1v) is 3.66. The van der Waals surface area contributed by atoms with E-state index in [4.69, 9.17) is 13.6 Å². The second-order valence-corrected chi connectivity index (χ2v) is 3.11. The van der Waals surface area contributed by atoms with Crippen molar-refractivity contribution in [3.63, 3.8) is 0 Å². The summed E-state index contributed by atoms with van der Waals surface area (Å²) in [5, 5.41) is 0. The molecule has 0 fully saturated rings. The Hall–Kier alpha value is 0.195. The molecule has 1 unspecified atom stereocenters. The van der Waals surface area contributed by atoms with E-state index in [1.165, 1.54) is 0 Å². The van der Waals surface area contributed by atoms with Gasteiger partial charge in [-0.05, 0) is 0 Å². The SMILES string of the molecule is [B]C[P+](=C)CN. The maximum Gasteiger partial charge on any atom is 0.153 e. The van der Waals surface area contributed by atoms with Crippen LogP contribution in [0.3, 0.4) is 0 Å². The van der Waals surface area contributed by atoms with E-state index in [9.17, 15) is 0 Å². The summed E-state index contributed by atoms with van der Waals surface area (Å²) >= 11 is 0. The fraction of sp³-hybridized carbons (Fsp3) is 0.667. The predicted molar refractivity (Wildman–Crippen MR) is 33.7 cm³/mol. The first-order chi connectivity index (χ1) is 2.81. The Bertz CT molecular complexity index is 48.8. The van der Waals surface area contributed by atoms with E-state index in [0.29, 0.717) is 12.3 Å². The van der Waals surface area contributed by atoms with Gasteiger partial charge in [0.05, 0.1) is 19.9 Å². The zero-order chi connectivity index (χ0) is 4.99. The smallest absolute Gasteiger partial charge is 0.153 e. The van der Waals surface area contributed by atoms with Crippen LogP contribution >= 0.6 is 7.55 Å². The molecule has 2 N–H and O–H groups in total. The van der Waals surface area contributed by atoms with E-state index in [0.717, 1.165) is 0 Å². The van der Waals surface area contributed by atoms with Crippen LogP contribution in [-0.2, 0) is 0 Å². The first-order valence-electron chi connectivity index (χ1n) is 1.77. The van der Waals surface area contributed by atoms with Crippen molar-refractivity contribution in [2.75, 3.05) is 12.3 Å². The minimum absolute atomic E-state index is 0.271. The van der Waals surface area contributed by atoms with Crippen LogP contribution in [0.1, 0.15) is 0 Å². The molecule has 0 amide bonds. The highest BCUT2D eigenvalue weighted by atomic mass is 31.1. The molecule has 32 valence electrons. The third kappa shape index (κ3) is 2.43. The highest BCUT2D eigenvalue weighted by Crippen LogP contribution is 2.10. The lowest BCUT2D eigenvalue weighted by Crippen LogP contribution is -1.93. The first kappa shape index (κ1) is 6.19. The number of hydrogen-bond donors (Lipinski definition) is 1. The maximum absolute atomic E-state index is 5.17. The standard InChI is InChI=1S/C3H8BNP/c1-6(2-4)3-5/h1-3,5H2/q+1. The number of nitrogens with two attached hydrogens (primary N) is 1. The molecule has 2 radical (unpaired) electrons. The van der Waals surface area contributed by atoms with Crippen LogP contribution in [0, 0.1) is 0 Å². The Morgan fingerprint density at radius 3 is 2.33 bits per heavy atom. The summed E-state index contributed by atoms with van der Waals surface area (Å²) in [6.07, 6.45) is 4.35. The van der Waals surface area contributed by atoms with Gasteiger partial charge in [0.15, 0.2) is 6.29 Å². The van der Waals surface area contributed by atoms with Crippen LogP contribution in [0.2, 0.25) is 0 Å². The normalized spacial score (nSPS) is 11.2. The molecular weight excluding hydrogens is 91.8 g/mol. The van der Waals surface area contributed by atoms with Crippen molar-refractivity contribution >= 4 is 21.7 Å². The molecule has 0 saturated heterocycles. The van der Waals surface area contributed by atoms with Gasteiger partial charge in [-0.2, -0.15) is 0 Å². The molecule has 3 heteroatoms. The summed E-state index contributed by atoms with van der Waals surface area (Å²) in [4.78, 5) is 0. The number of hydrogen-bond acceptors (Lipinski definition) is 1. The van der Waals surface area contributed by atoms with Gasteiger partial charge in [-0.15, -0.1) is 0 Å². The molecule has 0 saturated carbocycles. The lowest BCUT2D eigenvalue weighted by atomic mass is 10.2. The molecule has 0 aromatic rings. The Labute approximate surface area is 40.7 Å². The van der Waals surface area contributed by atoms with Crippen LogP contribution < -0.4 is 5.73 Å². The Kier molecular flexibility index (Phi) is 3.50. The lowest BCUT2D eigenvalue weighted by Gasteiger charge is -1.76. The lowest BCUT2D eigenvalue weighted by molar-refractivity contribution is 1.39. The van der Waals surface area contributed by atoms with Gasteiger partial charge < -0.3 is 0 Å². The predicted octanol–water partition coefficient (Wildman–Crippen LogP) is -0.0575. The molecule has 0 rings (SSSR count). The Morgan fingerprint density at radius 1 is 1.83 bits per heavy atom. The van der Waals surface area contributed by atoms with Gasteiger partial charge in [-0.3, -0.25) is 5.73 Å². The molecule has 0 aliphatic heterocycles. The van der Waals surface area contributed by atoms with Crippen molar-refractivity contribution in [3.05, 3.63) is 0 Å². The summed E-state index contributed by atoms with van der Waals surface area (Å²) in [6.45, 7) is 0. The van der Waals surface area contributed by atoms with Gasteiger partial charge in [0, 0.05) is 0 Å². The van der Waals surface area contributed by atoms with E-state index >= 15 is 0 Å². The van der Waals surface area contributed by atoms with Gasteiger partial charge in [0.25, 0.3) is 0 Å². The van der Waals surface area contributed by atoms with E-state index in [-0.39, 0.29) is 7.55 Å². The Morgan fingerprint density at radius 2 is 2.33 bits per heavy atom. The topological polar surface area (TPSA) is 26.0 Å². The van der Waals surface area contributed by atoms with Gasteiger partial charge in [-0.25, -0.2) is 0 Å². The van der Waals surface area contributed by atoms with E-state index in [1.54, 1.807) is 0 Å². The van der Waals surface area contributed by atoms with Gasteiger partial charge in [0.2, 0.25) is 0 Å². The average Bonchev–Trinajstić information content (AvgIpc) is 1.65. The molecule has 0 spiro atoms. The largest absolute Gasteiger partial charge is 0.293 e. The van der Waals surface area contributed by atoms with E-state index in [2.05, 4.69) is 6.30 Å². The molecular formula is C3H8BNP+. The van der Waals surface area contributed by atoms with Gasteiger partial charge in [-0.1, -0.05) is 0 Å². The van der Waals surface area contributed by atoms with Crippen LogP contribution in [0.15, 0.2) is 0 Å². The number of rotatable bonds is 2. The van der Waals surface area contributed by atoms with Crippen molar-refractivity contribution < 1.29 is 0 Å². The van der Waals surface area contributed by atoms with E-state index in [1.807, 2.05) is 0 Å². The maximum atomic E-state index is 5.17. The summed E-state index contributed by atoms with van der Waals surface area (Å²) in [7, 11) is 4.90. The van der Waals surface area contributed by atoms with Crippen LogP contribution in [-0.4, -0.2) is 26.5 Å². The fourth-order valence-corrected chi connectivity index (χ4v) is 0.224. The van der Waals surface area contributed by atoms with E-state index < -0.39 is 0 Å². The summed E-state index contributed by atoms with van der Waals surface area (Å²) in [6, 6.07) is 0.659. The monoisotopic (exact) mass is 100 g/mol. The van der Waals surface area contributed by atoms with Gasteiger partial charge >= 0.3 is 0 Å². The quantitative estimate of drug-likeness (QED) is 0.381. The van der Waals surface area contributed by atoms with Crippen LogP contribution in [0.5, 0.6) is 0 Å². The molecule has 1 atom stereocenters. The fourth-order valence-electron chi connectivity index (χ4n) is 0.0745. The summed E-state index contributed by atoms with van der Waals surface area (Å²) in [5.41, 5.74) is 5.17. The summed E-state index contributed by atoms with van der Waals surface area (Å²) in [5.74, 6) is 0. The van der Waals surface area contributed by atoms with Crippen molar-refractivity contribution in [1.82, 2.24) is 0 Å². The molecule has 0 aromatic heterocycles. The highest BCUT2D eigenvalue weighted by molar-refractivity contribution is 7.57. The average molecular weight is 99.9 g/mol. The van der Waals surface area contributed by atoms with Crippen LogP contribution in [0.4, 0.5) is 0 Å². The molecule has 0 bridgehead atoms. The minimum Gasteiger partial charge on any atom is -0.293 e. The molecule has 1 nitrogen and oxygen atoms in total. The zero-order valence-electron chi connectivity index (χ0n) is 3.72. The third-order valence-corrected chi connectivity index (χ3v) is 1.55. The second-order valence-electron chi connectivity index (χ2n) is 1.04. The van der Waals surface area contributed by atoms with Crippen molar-refractivity contribution in [3.8, 4) is 0 Å². The Balaban J connectivity index is 2.99. The van der Waals surface area contributed by atoms with Crippen molar-refractivity contribution in [2.24, 2.45) is 5.73 Å². The molecule has 0 aromatic carbocycles. The third-order valence-electron chi connectivity index (χ3n) is 0.516. The summed E-state index contributed by atoms with van der Waals surface area (Å²) < 4.78 is 0.